The smallest absolute Gasteiger partial charge is 0.225 e. The number of hydrogen-bond donors (Lipinski definition) is 3. The Kier molecular flexibility index (Phi) is 10.2. The number of methoxy groups -OCH3 is 1. The van der Waals surface area contributed by atoms with Crippen LogP contribution in [0.5, 0.6) is 11.5 Å². The molecule has 28 heavy (non-hydrogen) atoms. The molecular formula is C21H36N4O3. The Morgan fingerprint density at radius 2 is 1.75 bits per heavy atom. The number of aliphatic imine (C=N–C) groups is 1. The molecule has 1 amide bonds. The molecule has 0 aliphatic carbocycles. The van der Waals surface area contributed by atoms with Gasteiger partial charge in [0.1, 0.15) is 0 Å². The van der Waals surface area contributed by atoms with E-state index in [2.05, 4.69) is 27.0 Å². The number of amides is 1. The quantitative estimate of drug-likeness (QED) is 0.323. The van der Waals surface area contributed by atoms with Gasteiger partial charge in [0.25, 0.3) is 0 Å². The highest BCUT2D eigenvalue weighted by molar-refractivity contribution is 5.81. The molecule has 0 aliphatic rings. The first-order valence-corrected chi connectivity index (χ1v) is 9.84. The number of benzene rings is 1. The van der Waals surface area contributed by atoms with E-state index in [0.29, 0.717) is 19.7 Å². The monoisotopic (exact) mass is 392 g/mol. The van der Waals surface area contributed by atoms with Crippen molar-refractivity contribution in [3.8, 4) is 11.5 Å². The van der Waals surface area contributed by atoms with Crippen molar-refractivity contribution in [2.24, 2.45) is 10.4 Å². The van der Waals surface area contributed by atoms with Gasteiger partial charge in [0.2, 0.25) is 5.91 Å². The van der Waals surface area contributed by atoms with Crippen LogP contribution in [-0.2, 0) is 11.2 Å². The number of carbonyl (C=O) groups is 1. The third-order valence-electron chi connectivity index (χ3n) is 4.07. The van der Waals surface area contributed by atoms with Gasteiger partial charge in [-0.15, -0.1) is 0 Å². The van der Waals surface area contributed by atoms with Crippen LogP contribution in [0, 0.1) is 5.41 Å². The number of nitrogens with one attached hydrogen (secondary N) is 3. The van der Waals surface area contributed by atoms with Crippen LogP contribution in [0.3, 0.4) is 0 Å². The van der Waals surface area contributed by atoms with Gasteiger partial charge in [-0.05, 0) is 37.5 Å². The number of aryl methyl sites for hydroxylation is 1. The summed E-state index contributed by atoms with van der Waals surface area (Å²) in [7, 11) is 3.38. The zero-order valence-electron chi connectivity index (χ0n) is 18.1. The van der Waals surface area contributed by atoms with E-state index in [-0.39, 0.29) is 11.3 Å². The Labute approximate surface area is 169 Å². The van der Waals surface area contributed by atoms with Gasteiger partial charge in [-0.1, -0.05) is 26.8 Å². The van der Waals surface area contributed by atoms with Crippen LogP contribution >= 0.6 is 0 Å². The molecule has 0 atom stereocenters. The maximum absolute atomic E-state index is 11.8. The fourth-order valence-corrected chi connectivity index (χ4v) is 2.49. The first-order valence-electron chi connectivity index (χ1n) is 9.84. The zero-order valence-corrected chi connectivity index (χ0v) is 18.1. The van der Waals surface area contributed by atoms with Crippen molar-refractivity contribution >= 4 is 11.9 Å². The second-order valence-electron chi connectivity index (χ2n) is 7.45. The van der Waals surface area contributed by atoms with E-state index < -0.39 is 0 Å². The molecule has 0 aliphatic heterocycles. The molecule has 0 unspecified atom stereocenters. The van der Waals surface area contributed by atoms with Crippen molar-refractivity contribution in [1.29, 1.82) is 0 Å². The normalized spacial score (nSPS) is 11.7. The molecule has 1 rings (SSSR count). The minimum Gasteiger partial charge on any atom is -0.493 e. The summed E-state index contributed by atoms with van der Waals surface area (Å²) in [6, 6.07) is 6.04. The van der Waals surface area contributed by atoms with Gasteiger partial charge in [-0.3, -0.25) is 9.79 Å². The van der Waals surface area contributed by atoms with Crippen LogP contribution in [0.1, 0.15) is 39.7 Å². The van der Waals surface area contributed by atoms with Crippen molar-refractivity contribution in [2.45, 2.75) is 40.5 Å². The maximum Gasteiger partial charge on any atom is 0.225 e. The number of hydrogen-bond acceptors (Lipinski definition) is 4. The van der Waals surface area contributed by atoms with Crippen molar-refractivity contribution < 1.29 is 14.3 Å². The highest BCUT2D eigenvalue weighted by Crippen LogP contribution is 2.28. The van der Waals surface area contributed by atoms with Crippen LogP contribution in [0.25, 0.3) is 0 Å². The van der Waals surface area contributed by atoms with Gasteiger partial charge < -0.3 is 25.4 Å². The maximum atomic E-state index is 11.8. The zero-order chi connectivity index (χ0) is 21.0. The van der Waals surface area contributed by atoms with Crippen molar-refractivity contribution in [2.75, 3.05) is 40.4 Å². The molecule has 7 nitrogen and oxygen atoms in total. The van der Waals surface area contributed by atoms with Gasteiger partial charge in [-0.2, -0.15) is 0 Å². The van der Waals surface area contributed by atoms with Crippen LogP contribution in [0.4, 0.5) is 0 Å². The average Bonchev–Trinajstić information content (AvgIpc) is 2.66. The van der Waals surface area contributed by atoms with E-state index in [4.69, 9.17) is 9.47 Å². The summed E-state index contributed by atoms with van der Waals surface area (Å²) < 4.78 is 10.9. The van der Waals surface area contributed by atoms with Crippen molar-refractivity contribution in [3.63, 3.8) is 0 Å². The minimum atomic E-state index is -0.372. The van der Waals surface area contributed by atoms with Crippen LogP contribution < -0.4 is 25.4 Å². The molecule has 0 bridgehead atoms. The largest absolute Gasteiger partial charge is 0.493 e. The third kappa shape index (κ3) is 8.50. The van der Waals surface area contributed by atoms with Crippen LogP contribution in [0.2, 0.25) is 0 Å². The van der Waals surface area contributed by atoms with Crippen molar-refractivity contribution in [3.05, 3.63) is 23.8 Å². The molecule has 0 saturated carbocycles. The van der Waals surface area contributed by atoms with Gasteiger partial charge in [0, 0.05) is 32.1 Å². The standard InChI is InChI=1S/C21H36N4O3/c1-7-28-18-15-16(10-11-17(18)27-6)9-8-12-24-20(22-5)25-14-13-23-19(26)21(2,3)4/h10-11,15H,7-9,12-14H2,1-6H3,(H,23,26)(H2,22,24,25). The Bertz CT molecular complexity index is 639. The molecular weight excluding hydrogens is 356 g/mol. The topological polar surface area (TPSA) is 84.0 Å². The molecule has 0 saturated heterocycles. The summed E-state index contributed by atoms with van der Waals surface area (Å²) in [5.74, 6) is 2.31. The molecule has 1 aromatic carbocycles. The van der Waals surface area contributed by atoms with Gasteiger partial charge in [0.15, 0.2) is 17.5 Å². The van der Waals surface area contributed by atoms with Gasteiger partial charge in [-0.25, -0.2) is 0 Å². The first-order chi connectivity index (χ1) is 13.3. The Morgan fingerprint density at radius 3 is 2.36 bits per heavy atom. The van der Waals surface area contributed by atoms with Crippen LogP contribution in [0.15, 0.2) is 23.2 Å². The molecule has 0 spiro atoms. The molecule has 1 aromatic rings. The lowest BCUT2D eigenvalue weighted by Crippen LogP contribution is -2.43. The second kappa shape index (κ2) is 12.1. The predicted molar refractivity (Wildman–Crippen MR) is 114 cm³/mol. The lowest BCUT2D eigenvalue weighted by molar-refractivity contribution is -0.128. The molecule has 7 heteroatoms. The highest BCUT2D eigenvalue weighted by Gasteiger charge is 2.20. The van der Waals surface area contributed by atoms with E-state index in [0.717, 1.165) is 36.8 Å². The summed E-state index contributed by atoms with van der Waals surface area (Å²) in [5.41, 5.74) is 0.836. The van der Waals surface area contributed by atoms with E-state index in [1.807, 2.05) is 39.8 Å². The first kappa shape index (κ1) is 23.6. The van der Waals surface area contributed by atoms with E-state index in [1.165, 1.54) is 5.56 Å². The minimum absolute atomic E-state index is 0.0446. The molecule has 0 heterocycles. The summed E-state index contributed by atoms with van der Waals surface area (Å²) in [6.45, 7) is 10.2. The Balaban J connectivity index is 2.32. The lowest BCUT2D eigenvalue weighted by atomic mass is 9.96. The molecule has 0 radical (unpaired) electrons. The highest BCUT2D eigenvalue weighted by atomic mass is 16.5. The number of carbonyl (C=O) groups excluding carboxylic acids is 1. The fourth-order valence-electron chi connectivity index (χ4n) is 2.49. The molecule has 0 fully saturated rings. The van der Waals surface area contributed by atoms with Crippen molar-refractivity contribution in [1.82, 2.24) is 16.0 Å². The fraction of sp³-hybridized carbons (Fsp3) is 0.619. The third-order valence-corrected chi connectivity index (χ3v) is 4.07. The number of nitrogens with zero attached hydrogens (tertiary/aromatic N) is 1. The van der Waals surface area contributed by atoms with Gasteiger partial charge in [0.05, 0.1) is 13.7 Å². The summed E-state index contributed by atoms with van der Waals surface area (Å²) >= 11 is 0. The van der Waals surface area contributed by atoms with Gasteiger partial charge >= 0.3 is 0 Å². The summed E-state index contributed by atoms with van der Waals surface area (Å²) in [6.07, 6.45) is 1.88. The molecule has 3 N–H and O–H groups in total. The Hall–Kier alpha value is -2.44. The lowest BCUT2D eigenvalue weighted by Gasteiger charge is -2.18. The molecule has 0 aromatic heterocycles. The number of guanidine groups is 1. The van der Waals surface area contributed by atoms with E-state index in [9.17, 15) is 4.79 Å². The average molecular weight is 393 g/mol. The predicted octanol–water partition coefficient (Wildman–Crippen LogP) is 2.35. The second-order valence-corrected chi connectivity index (χ2v) is 7.45. The SMILES string of the molecule is CCOc1cc(CCCNC(=NC)NCCNC(=O)C(C)(C)C)ccc1OC. The number of ether oxygens (including phenoxy) is 2. The molecule has 158 valence electrons. The summed E-state index contributed by atoms with van der Waals surface area (Å²) in [5, 5.41) is 9.40. The summed E-state index contributed by atoms with van der Waals surface area (Å²) in [4.78, 5) is 16.0. The Morgan fingerprint density at radius 1 is 1.07 bits per heavy atom. The van der Waals surface area contributed by atoms with E-state index >= 15 is 0 Å². The van der Waals surface area contributed by atoms with E-state index in [1.54, 1.807) is 14.2 Å². The number of rotatable bonds is 10. The van der Waals surface area contributed by atoms with Crippen LogP contribution in [-0.4, -0.2) is 52.3 Å².